The molecule has 2 heterocycles. The number of rotatable bonds is 4. The first-order valence-electron chi connectivity index (χ1n) is 9.74. The Bertz CT molecular complexity index is 780. The summed E-state index contributed by atoms with van der Waals surface area (Å²) in [5, 5.41) is 2.60. The van der Waals surface area contributed by atoms with Gasteiger partial charge in [0.25, 0.3) is 5.91 Å². The number of aromatic nitrogens is 1. The van der Waals surface area contributed by atoms with Crippen LogP contribution in [0.2, 0.25) is 0 Å². The number of pyridine rings is 1. The molecular formula is C22H27N3O. The Morgan fingerprint density at radius 3 is 2.54 bits per heavy atom. The highest BCUT2D eigenvalue weighted by molar-refractivity contribution is 5.91. The smallest absolute Gasteiger partial charge is 0.269 e. The van der Waals surface area contributed by atoms with Gasteiger partial charge in [-0.2, -0.15) is 0 Å². The summed E-state index contributed by atoms with van der Waals surface area (Å²) in [4.78, 5) is 18.6. The molecule has 2 aliphatic rings. The van der Waals surface area contributed by atoms with Gasteiger partial charge in [0.15, 0.2) is 0 Å². The maximum Gasteiger partial charge on any atom is 0.269 e. The van der Waals surface area contributed by atoms with E-state index < -0.39 is 0 Å². The number of benzene rings is 1. The van der Waals surface area contributed by atoms with E-state index in [2.05, 4.69) is 33.4 Å². The minimum Gasteiger partial charge on any atom is -0.354 e. The first-order chi connectivity index (χ1) is 12.7. The molecule has 1 aliphatic heterocycles. The maximum absolute atomic E-state index is 11.6. The summed E-state index contributed by atoms with van der Waals surface area (Å²) < 4.78 is 0. The van der Waals surface area contributed by atoms with Gasteiger partial charge in [-0.15, -0.1) is 0 Å². The topological polar surface area (TPSA) is 45.2 Å². The van der Waals surface area contributed by atoms with Crippen LogP contribution in [0.5, 0.6) is 0 Å². The first kappa shape index (κ1) is 17.2. The van der Waals surface area contributed by atoms with Crippen molar-refractivity contribution in [2.45, 2.75) is 44.6 Å². The largest absolute Gasteiger partial charge is 0.354 e. The van der Waals surface area contributed by atoms with E-state index in [4.69, 9.17) is 0 Å². The second kappa shape index (κ2) is 7.58. The molecule has 26 heavy (non-hydrogen) atoms. The number of hydrogen-bond donors (Lipinski definition) is 1. The van der Waals surface area contributed by atoms with Gasteiger partial charge in [0.05, 0.1) is 0 Å². The van der Waals surface area contributed by atoms with E-state index in [0.29, 0.717) is 5.69 Å². The first-order valence-corrected chi connectivity index (χ1v) is 9.74. The second-order valence-corrected chi connectivity index (χ2v) is 7.53. The summed E-state index contributed by atoms with van der Waals surface area (Å²) in [6.07, 6.45) is 9.20. The molecule has 1 aromatic heterocycles. The van der Waals surface area contributed by atoms with Crippen molar-refractivity contribution in [1.29, 1.82) is 0 Å². The lowest BCUT2D eigenvalue weighted by Crippen LogP contribution is -2.41. The van der Waals surface area contributed by atoms with Crippen molar-refractivity contribution in [1.82, 2.24) is 15.2 Å². The molecule has 136 valence electrons. The third kappa shape index (κ3) is 3.65. The number of carbonyl (C=O) groups excluding carboxylic acids is 1. The summed E-state index contributed by atoms with van der Waals surface area (Å²) >= 11 is 0. The third-order valence-electron chi connectivity index (χ3n) is 5.89. The van der Waals surface area contributed by atoms with Crippen LogP contribution in [0, 0.1) is 0 Å². The van der Waals surface area contributed by atoms with Crippen LogP contribution >= 0.6 is 0 Å². The molecule has 2 aromatic rings. The molecule has 0 unspecified atom stereocenters. The van der Waals surface area contributed by atoms with Gasteiger partial charge in [-0.1, -0.05) is 30.7 Å². The minimum atomic E-state index is -0.141. The van der Waals surface area contributed by atoms with Gasteiger partial charge in [0.1, 0.15) is 5.69 Å². The Kier molecular flexibility index (Phi) is 5.02. The molecule has 0 saturated heterocycles. The number of nitrogens with one attached hydrogen (secondary N) is 1. The highest BCUT2D eigenvalue weighted by atomic mass is 16.1. The van der Waals surface area contributed by atoms with Crippen molar-refractivity contribution in [3.05, 3.63) is 64.5 Å². The number of carbonyl (C=O) groups is 1. The van der Waals surface area contributed by atoms with Gasteiger partial charge in [-0.05, 0) is 60.4 Å². The van der Waals surface area contributed by atoms with Gasteiger partial charge in [-0.3, -0.25) is 14.7 Å². The van der Waals surface area contributed by atoms with Crippen molar-refractivity contribution in [3.63, 3.8) is 0 Å². The van der Waals surface area contributed by atoms with Crippen molar-refractivity contribution in [2.24, 2.45) is 0 Å². The van der Waals surface area contributed by atoms with Crippen LogP contribution in [-0.4, -0.2) is 42.0 Å². The Balaban J connectivity index is 1.44. The number of fused-ring (bicyclic) bond motifs is 1. The van der Waals surface area contributed by atoms with Crippen LogP contribution in [0.25, 0.3) is 0 Å². The van der Waals surface area contributed by atoms with Gasteiger partial charge in [-0.25, -0.2) is 0 Å². The highest BCUT2D eigenvalue weighted by Crippen LogP contribution is 2.28. The van der Waals surface area contributed by atoms with E-state index in [0.717, 1.165) is 24.4 Å². The molecule has 4 heteroatoms. The van der Waals surface area contributed by atoms with E-state index in [1.54, 1.807) is 13.1 Å². The molecule has 1 saturated carbocycles. The molecule has 1 amide bonds. The predicted molar refractivity (Wildman–Crippen MR) is 103 cm³/mol. The Morgan fingerprint density at radius 2 is 1.88 bits per heavy atom. The highest BCUT2D eigenvalue weighted by Gasteiger charge is 2.26. The molecule has 0 atom stereocenters. The van der Waals surface area contributed by atoms with E-state index >= 15 is 0 Å². The zero-order valence-electron chi connectivity index (χ0n) is 15.5. The fourth-order valence-corrected chi connectivity index (χ4v) is 4.05. The molecule has 1 aromatic carbocycles. The number of nitrogens with zero attached hydrogens (tertiary/aromatic N) is 2. The Labute approximate surface area is 155 Å². The van der Waals surface area contributed by atoms with E-state index in [1.807, 2.05) is 12.3 Å². The van der Waals surface area contributed by atoms with Gasteiger partial charge >= 0.3 is 0 Å². The average molecular weight is 349 g/mol. The van der Waals surface area contributed by atoms with Crippen LogP contribution in [0.3, 0.4) is 0 Å². The fraction of sp³-hybridized carbons (Fsp3) is 0.455. The number of amides is 1. The molecule has 4 nitrogen and oxygen atoms in total. The van der Waals surface area contributed by atoms with E-state index in [-0.39, 0.29) is 5.91 Å². The van der Waals surface area contributed by atoms with Crippen LogP contribution < -0.4 is 5.32 Å². The maximum atomic E-state index is 11.6. The fourth-order valence-electron chi connectivity index (χ4n) is 4.05. The normalized spacial score (nSPS) is 17.9. The summed E-state index contributed by atoms with van der Waals surface area (Å²) in [7, 11) is 1.62. The lowest BCUT2D eigenvalue weighted by molar-refractivity contribution is 0.0958. The molecule has 4 rings (SSSR count). The van der Waals surface area contributed by atoms with Crippen molar-refractivity contribution in [3.8, 4) is 0 Å². The lowest BCUT2D eigenvalue weighted by Gasteiger charge is -2.36. The Hall–Kier alpha value is -2.20. The van der Waals surface area contributed by atoms with Crippen LogP contribution in [0.4, 0.5) is 0 Å². The average Bonchev–Trinajstić information content (AvgIpc) is 2.83. The lowest BCUT2D eigenvalue weighted by atomic mass is 9.91. The quantitative estimate of drug-likeness (QED) is 0.923. The van der Waals surface area contributed by atoms with Gasteiger partial charge < -0.3 is 5.32 Å². The predicted octanol–water partition coefficient (Wildman–Crippen LogP) is 2.99. The van der Waals surface area contributed by atoms with Gasteiger partial charge in [0.2, 0.25) is 0 Å². The molecule has 0 bridgehead atoms. The minimum absolute atomic E-state index is 0.141. The summed E-state index contributed by atoms with van der Waals surface area (Å²) in [5.41, 5.74) is 5.97. The number of hydrogen-bond acceptors (Lipinski definition) is 3. The van der Waals surface area contributed by atoms with Crippen molar-refractivity contribution in [2.75, 3.05) is 20.1 Å². The molecule has 0 spiro atoms. The monoisotopic (exact) mass is 349 g/mol. The molecule has 1 aliphatic carbocycles. The van der Waals surface area contributed by atoms with Crippen molar-refractivity contribution < 1.29 is 4.79 Å². The zero-order chi connectivity index (χ0) is 17.9. The van der Waals surface area contributed by atoms with Crippen LogP contribution in [0.1, 0.15) is 52.0 Å². The standard InChI is InChI=1S/C22H27N3O/c1-23-22(26)21-8-6-17(15-24-21)13-16-5-7-18-9-11-25(20-3-2-4-20)12-10-19(18)14-16/h5-8,14-15,20H,2-4,9-13H2,1H3,(H,23,26). The SMILES string of the molecule is CNC(=O)c1ccc(Cc2ccc3c(c2)CCN(C2CCC2)CC3)cn1. The summed E-state index contributed by atoms with van der Waals surface area (Å²) in [6, 6.07) is 11.6. The van der Waals surface area contributed by atoms with E-state index in [9.17, 15) is 4.79 Å². The molecule has 1 N–H and O–H groups in total. The summed E-state index contributed by atoms with van der Waals surface area (Å²) in [6.45, 7) is 2.41. The summed E-state index contributed by atoms with van der Waals surface area (Å²) in [5.74, 6) is -0.141. The molecular weight excluding hydrogens is 322 g/mol. The van der Waals surface area contributed by atoms with E-state index in [1.165, 1.54) is 55.5 Å². The third-order valence-corrected chi connectivity index (χ3v) is 5.89. The Morgan fingerprint density at radius 1 is 1.12 bits per heavy atom. The van der Waals surface area contributed by atoms with Crippen LogP contribution in [0.15, 0.2) is 36.5 Å². The molecule has 1 fully saturated rings. The molecule has 0 radical (unpaired) electrons. The van der Waals surface area contributed by atoms with Crippen LogP contribution in [-0.2, 0) is 19.3 Å². The van der Waals surface area contributed by atoms with Crippen molar-refractivity contribution >= 4 is 5.91 Å². The van der Waals surface area contributed by atoms with Gasteiger partial charge in [0, 0.05) is 32.4 Å². The second-order valence-electron chi connectivity index (χ2n) is 7.53. The zero-order valence-corrected chi connectivity index (χ0v) is 15.5.